The molecule has 96 valence electrons. The molecular formula is C14H19N3S. The Hall–Kier alpha value is -1.23. The zero-order valence-corrected chi connectivity index (χ0v) is 11.2. The lowest BCUT2D eigenvalue weighted by Crippen LogP contribution is -2.36. The highest BCUT2D eigenvalue weighted by Gasteiger charge is 2.08. The molecule has 0 amide bonds. The van der Waals surface area contributed by atoms with E-state index < -0.39 is 0 Å². The largest absolute Gasteiger partial charge is 0.271 e. The number of aryl methyl sites for hydroxylation is 1. The maximum atomic E-state index is 5.60. The van der Waals surface area contributed by atoms with E-state index in [1.54, 1.807) is 11.3 Å². The third-order valence-corrected chi connectivity index (χ3v) is 3.83. The van der Waals surface area contributed by atoms with Crippen LogP contribution in [0.4, 0.5) is 0 Å². The van der Waals surface area contributed by atoms with E-state index in [0.717, 1.165) is 25.7 Å². The fourth-order valence-corrected chi connectivity index (χ4v) is 2.70. The van der Waals surface area contributed by atoms with Gasteiger partial charge in [0.1, 0.15) is 0 Å². The number of rotatable bonds is 7. The maximum absolute atomic E-state index is 5.60. The monoisotopic (exact) mass is 261 g/mol. The molecular weight excluding hydrogens is 242 g/mol. The number of hydrazine groups is 1. The quantitative estimate of drug-likeness (QED) is 0.595. The molecule has 18 heavy (non-hydrogen) atoms. The van der Waals surface area contributed by atoms with Gasteiger partial charge in [0.05, 0.1) is 5.51 Å². The summed E-state index contributed by atoms with van der Waals surface area (Å²) in [4.78, 5) is 5.38. The maximum Gasteiger partial charge on any atom is 0.0794 e. The minimum atomic E-state index is 0.342. The second kappa shape index (κ2) is 7.26. The van der Waals surface area contributed by atoms with Crippen molar-refractivity contribution in [1.82, 2.24) is 10.4 Å². The SMILES string of the molecule is NNC(CCCc1ccccc1)Cc1cncs1. The fourth-order valence-electron chi connectivity index (χ4n) is 2.03. The molecule has 2 rings (SSSR count). The lowest BCUT2D eigenvalue weighted by atomic mass is 10.0. The second-order valence-electron chi connectivity index (χ2n) is 4.41. The number of thiazole rings is 1. The summed E-state index contributed by atoms with van der Waals surface area (Å²) in [6.07, 6.45) is 6.24. The summed E-state index contributed by atoms with van der Waals surface area (Å²) in [6, 6.07) is 10.9. The summed E-state index contributed by atoms with van der Waals surface area (Å²) >= 11 is 1.69. The Morgan fingerprint density at radius 2 is 2.11 bits per heavy atom. The van der Waals surface area contributed by atoms with Gasteiger partial charge >= 0.3 is 0 Å². The van der Waals surface area contributed by atoms with E-state index in [-0.39, 0.29) is 0 Å². The van der Waals surface area contributed by atoms with Gasteiger partial charge in [0, 0.05) is 23.5 Å². The van der Waals surface area contributed by atoms with Crippen LogP contribution in [0.5, 0.6) is 0 Å². The average Bonchev–Trinajstić information content (AvgIpc) is 2.92. The first-order valence-corrected chi connectivity index (χ1v) is 7.14. The summed E-state index contributed by atoms with van der Waals surface area (Å²) in [5, 5.41) is 0. The number of nitrogens with two attached hydrogens (primary N) is 1. The van der Waals surface area contributed by atoms with Gasteiger partial charge in [-0.15, -0.1) is 11.3 Å². The van der Waals surface area contributed by atoms with Crippen LogP contribution in [0.25, 0.3) is 0 Å². The normalized spacial score (nSPS) is 12.5. The van der Waals surface area contributed by atoms with Crippen LogP contribution >= 0.6 is 11.3 Å². The van der Waals surface area contributed by atoms with Gasteiger partial charge in [-0.05, 0) is 24.8 Å². The average molecular weight is 261 g/mol. The van der Waals surface area contributed by atoms with Gasteiger partial charge in [-0.2, -0.15) is 0 Å². The second-order valence-corrected chi connectivity index (χ2v) is 5.38. The Morgan fingerprint density at radius 1 is 1.28 bits per heavy atom. The lowest BCUT2D eigenvalue weighted by molar-refractivity contribution is 0.478. The van der Waals surface area contributed by atoms with Crippen molar-refractivity contribution in [2.45, 2.75) is 31.7 Å². The number of nitrogens with zero attached hydrogens (tertiary/aromatic N) is 1. The lowest BCUT2D eigenvalue weighted by Gasteiger charge is -2.14. The molecule has 0 saturated heterocycles. The van der Waals surface area contributed by atoms with Crippen molar-refractivity contribution in [2.75, 3.05) is 0 Å². The van der Waals surface area contributed by atoms with Gasteiger partial charge in [-0.1, -0.05) is 30.3 Å². The summed E-state index contributed by atoms with van der Waals surface area (Å²) in [5.41, 5.74) is 6.17. The molecule has 0 radical (unpaired) electrons. The van der Waals surface area contributed by atoms with Gasteiger partial charge in [-0.25, -0.2) is 0 Å². The third-order valence-electron chi connectivity index (χ3n) is 3.03. The Morgan fingerprint density at radius 3 is 2.78 bits per heavy atom. The highest BCUT2D eigenvalue weighted by molar-refractivity contribution is 7.09. The van der Waals surface area contributed by atoms with E-state index >= 15 is 0 Å². The first-order chi connectivity index (χ1) is 8.88. The van der Waals surface area contributed by atoms with Crippen LogP contribution < -0.4 is 11.3 Å². The van der Waals surface area contributed by atoms with E-state index in [4.69, 9.17) is 5.84 Å². The van der Waals surface area contributed by atoms with E-state index in [1.807, 2.05) is 11.7 Å². The van der Waals surface area contributed by atoms with Crippen molar-refractivity contribution in [3.8, 4) is 0 Å². The Balaban J connectivity index is 1.74. The number of aromatic nitrogens is 1. The predicted octanol–water partition coefficient (Wildman–Crippen LogP) is 2.54. The standard InChI is InChI=1S/C14H19N3S/c15-17-13(9-14-10-16-11-18-14)8-4-7-12-5-2-1-3-6-12/h1-3,5-6,10-11,13,17H,4,7-9,15H2. The van der Waals surface area contributed by atoms with E-state index in [2.05, 4.69) is 40.7 Å². The van der Waals surface area contributed by atoms with Crippen LogP contribution in [0.15, 0.2) is 42.0 Å². The molecule has 1 heterocycles. The Kier molecular flexibility index (Phi) is 5.33. The molecule has 1 aromatic carbocycles. The molecule has 0 saturated carbocycles. The molecule has 4 heteroatoms. The molecule has 0 aliphatic rings. The molecule has 0 spiro atoms. The van der Waals surface area contributed by atoms with Crippen LogP contribution in [0, 0.1) is 0 Å². The van der Waals surface area contributed by atoms with Crippen LogP contribution in [0.2, 0.25) is 0 Å². The Labute approximate surface area is 112 Å². The first-order valence-electron chi connectivity index (χ1n) is 6.26. The topological polar surface area (TPSA) is 50.9 Å². The predicted molar refractivity (Wildman–Crippen MR) is 76.3 cm³/mol. The zero-order chi connectivity index (χ0) is 12.6. The van der Waals surface area contributed by atoms with Crippen molar-refractivity contribution in [1.29, 1.82) is 0 Å². The van der Waals surface area contributed by atoms with Gasteiger partial charge in [0.2, 0.25) is 0 Å². The van der Waals surface area contributed by atoms with Gasteiger partial charge < -0.3 is 0 Å². The third kappa shape index (κ3) is 4.22. The number of benzene rings is 1. The van der Waals surface area contributed by atoms with E-state index in [0.29, 0.717) is 6.04 Å². The summed E-state index contributed by atoms with van der Waals surface area (Å²) in [7, 11) is 0. The van der Waals surface area contributed by atoms with Crippen molar-refractivity contribution in [3.05, 3.63) is 52.5 Å². The van der Waals surface area contributed by atoms with Crippen molar-refractivity contribution in [2.24, 2.45) is 5.84 Å². The summed E-state index contributed by atoms with van der Waals surface area (Å²) in [5.74, 6) is 5.60. The summed E-state index contributed by atoms with van der Waals surface area (Å²) in [6.45, 7) is 0. The van der Waals surface area contributed by atoms with Gasteiger partial charge in [0.25, 0.3) is 0 Å². The first kappa shape index (κ1) is 13.2. The molecule has 0 fully saturated rings. The van der Waals surface area contributed by atoms with Crippen molar-refractivity contribution < 1.29 is 0 Å². The van der Waals surface area contributed by atoms with Crippen molar-refractivity contribution >= 4 is 11.3 Å². The number of hydrogen-bond donors (Lipinski definition) is 2. The number of nitrogens with one attached hydrogen (secondary N) is 1. The minimum Gasteiger partial charge on any atom is -0.271 e. The molecule has 3 N–H and O–H groups in total. The molecule has 1 aromatic heterocycles. The van der Waals surface area contributed by atoms with Gasteiger partial charge in [-0.3, -0.25) is 16.3 Å². The summed E-state index contributed by atoms with van der Waals surface area (Å²) < 4.78 is 0. The van der Waals surface area contributed by atoms with Crippen LogP contribution in [0.1, 0.15) is 23.3 Å². The van der Waals surface area contributed by atoms with Crippen LogP contribution in [-0.4, -0.2) is 11.0 Å². The van der Waals surface area contributed by atoms with Gasteiger partial charge in [0.15, 0.2) is 0 Å². The molecule has 2 aromatic rings. The molecule has 0 aliphatic carbocycles. The molecule has 1 unspecified atom stereocenters. The molecule has 3 nitrogen and oxygen atoms in total. The smallest absolute Gasteiger partial charge is 0.0794 e. The fraction of sp³-hybridized carbons (Fsp3) is 0.357. The van der Waals surface area contributed by atoms with Crippen LogP contribution in [0.3, 0.4) is 0 Å². The molecule has 0 aliphatic heterocycles. The van der Waals surface area contributed by atoms with Crippen molar-refractivity contribution in [3.63, 3.8) is 0 Å². The molecule has 1 atom stereocenters. The Bertz CT molecular complexity index is 428. The van der Waals surface area contributed by atoms with E-state index in [1.165, 1.54) is 10.4 Å². The van der Waals surface area contributed by atoms with E-state index in [9.17, 15) is 0 Å². The molecule has 0 bridgehead atoms. The van der Waals surface area contributed by atoms with Crippen LogP contribution in [-0.2, 0) is 12.8 Å². The zero-order valence-electron chi connectivity index (χ0n) is 10.4. The minimum absolute atomic E-state index is 0.342. The number of hydrogen-bond acceptors (Lipinski definition) is 4. The highest BCUT2D eigenvalue weighted by Crippen LogP contribution is 2.13. The highest BCUT2D eigenvalue weighted by atomic mass is 32.1.